The van der Waals surface area contributed by atoms with E-state index in [4.69, 9.17) is 22.6 Å². The van der Waals surface area contributed by atoms with Gasteiger partial charge in [0.15, 0.2) is 5.82 Å². The van der Waals surface area contributed by atoms with Gasteiger partial charge in [-0.3, -0.25) is 4.79 Å². The van der Waals surface area contributed by atoms with Gasteiger partial charge in [0, 0.05) is 36.6 Å². The Morgan fingerprint density at radius 1 is 1.29 bits per heavy atom. The lowest BCUT2D eigenvalue weighted by molar-refractivity contribution is 0.100. The van der Waals surface area contributed by atoms with E-state index in [1.807, 2.05) is 18.2 Å². The summed E-state index contributed by atoms with van der Waals surface area (Å²) in [5.41, 5.74) is 6.99. The second kappa shape index (κ2) is 10.2. The predicted octanol–water partition coefficient (Wildman–Crippen LogP) is 4.83. The highest BCUT2D eigenvalue weighted by Gasteiger charge is 2.21. The molecule has 0 saturated carbocycles. The number of piperidine rings is 1. The number of carbonyl (C=O) groups excluding carboxylic acids is 1. The Morgan fingerprint density at radius 2 is 2.06 bits per heavy atom. The van der Waals surface area contributed by atoms with Gasteiger partial charge in [-0.25, -0.2) is 9.37 Å². The smallest absolute Gasteiger partial charge is 0.248 e. The van der Waals surface area contributed by atoms with Gasteiger partial charge in [-0.1, -0.05) is 17.7 Å². The monoisotopic (exact) mass is 543 g/mol. The van der Waals surface area contributed by atoms with Crippen LogP contribution in [0.15, 0.2) is 47.1 Å². The lowest BCUT2D eigenvalue weighted by atomic mass is 10.0. The minimum Gasteiger partial charge on any atom is -0.371 e. The Balaban J connectivity index is 1.42. The minimum atomic E-state index is -0.656. The summed E-state index contributed by atoms with van der Waals surface area (Å²) in [4.78, 5) is 22.4. The van der Waals surface area contributed by atoms with E-state index in [0.717, 1.165) is 37.7 Å². The summed E-state index contributed by atoms with van der Waals surface area (Å²) in [5, 5.41) is 15.2. The molecule has 8 nitrogen and oxygen atoms in total. The van der Waals surface area contributed by atoms with E-state index >= 15 is 0 Å². The van der Waals surface area contributed by atoms with Crippen LogP contribution in [0, 0.1) is 17.1 Å². The molecule has 2 heterocycles. The number of aromatic nitrogens is 2. The van der Waals surface area contributed by atoms with Crippen molar-refractivity contribution >= 4 is 56.6 Å². The molecule has 34 heavy (non-hydrogen) atoms. The summed E-state index contributed by atoms with van der Waals surface area (Å²) >= 11 is 9.51. The number of nitrogens with two attached hydrogens (primary N) is 1. The Morgan fingerprint density at radius 3 is 2.74 bits per heavy atom. The molecule has 1 saturated heterocycles. The molecule has 0 aliphatic carbocycles. The topological polar surface area (TPSA) is 120 Å². The third-order valence-electron chi connectivity index (χ3n) is 5.48. The van der Waals surface area contributed by atoms with Gasteiger partial charge in [0.1, 0.15) is 5.82 Å². The maximum Gasteiger partial charge on any atom is 0.248 e. The first-order valence-corrected chi connectivity index (χ1v) is 11.6. The Hall–Kier alpha value is -3.42. The Bertz CT molecular complexity index is 1250. The van der Waals surface area contributed by atoms with E-state index < -0.39 is 11.7 Å². The molecule has 4 N–H and O–H groups in total. The molecule has 0 bridgehead atoms. The van der Waals surface area contributed by atoms with E-state index in [9.17, 15) is 9.18 Å². The first-order valence-electron chi connectivity index (χ1n) is 10.4. The SMILES string of the molecule is N#Cc1cc(F)c(Nc2nc(NC3CCN(c4cccc(C(N)=O)c4)CC3)ncc2Br)c(Cl)c1. The van der Waals surface area contributed by atoms with E-state index in [0.29, 0.717) is 21.8 Å². The highest BCUT2D eigenvalue weighted by atomic mass is 79.9. The minimum absolute atomic E-state index is 0.0255. The molecule has 1 aliphatic heterocycles. The molecule has 174 valence electrons. The lowest BCUT2D eigenvalue weighted by Gasteiger charge is -2.34. The molecule has 2 aromatic carbocycles. The van der Waals surface area contributed by atoms with E-state index in [2.05, 4.69) is 41.4 Å². The van der Waals surface area contributed by atoms with Crippen LogP contribution in [0.2, 0.25) is 5.02 Å². The highest BCUT2D eigenvalue weighted by molar-refractivity contribution is 9.10. The lowest BCUT2D eigenvalue weighted by Crippen LogP contribution is -2.39. The van der Waals surface area contributed by atoms with Gasteiger partial charge >= 0.3 is 0 Å². The standard InChI is InChI=1S/C23H20BrClFN7O/c24-17-12-29-23(32-22(17)31-20-18(25)8-13(11-27)9-19(20)26)30-15-4-6-33(7-5-15)16-3-1-2-14(10-16)21(28)34/h1-3,8-10,12,15H,4-7H2,(H2,28,34)(H2,29,30,31,32). The summed E-state index contributed by atoms with van der Waals surface area (Å²) in [6, 6.07) is 11.8. The zero-order valence-electron chi connectivity index (χ0n) is 17.9. The summed E-state index contributed by atoms with van der Waals surface area (Å²) in [7, 11) is 0. The molecule has 11 heteroatoms. The predicted molar refractivity (Wildman–Crippen MR) is 133 cm³/mol. The number of hydrogen-bond donors (Lipinski definition) is 3. The number of hydrogen-bond acceptors (Lipinski definition) is 7. The normalized spacial score (nSPS) is 13.9. The fourth-order valence-electron chi connectivity index (χ4n) is 3.72. The number of benzene rings is 2. The molecule has 3 aromatic rings. The van der Waals surface area contributed by atoms with Crippen LogP contribution in [-0.4, -0.2) is 35.0 Å². The molecule has 0 unspecified atom stereocenters. The first-order chi connectivity index (χ1) is 16.3. The van der Waals surface area contributed by atoms with Gasteiger partial charge < -0.3 is 21.3 Å². The van der Waals surface area contributed by atoms with Crippen LogP contribution in [0.3, 0.4) is 0 Å². The number of anilines is 4. The van der Waals surface area contributed by atoms with Gasteiger partial charge in [-0.15, -0.1) is 0 Å². The molecule has 4 rings (SSSR count). The van der Waals surface area contributed by atoms with Crippen molar-refractivity contribution in [1.82, 2.24) is 9.97 Å². The first kappa shape index (κ1) is 23.7. The second-order valence-electron chi connectivity index (χ2n) is 7.76. The van der Waals surface area contributed by atoms with Crippen LogP contribution >= 0.6 is 27.5 Å². The van der Waals surface area contributed by atoms with Gasteiger partial charge in [0.05, 0.1) is 26.8 Å². The molecular formula is C23H20BrClFN7O. The molecule has 1 fully saturated rings. The van der Waals surface area contributed by atoms with Crippen molar-refractivity contribution in [2.24, 2.45) is 5.73 Å². The molecule has 0 radical (unpaired) electrons. The van der Waals surface area contributed by atoms with Crippen molar-refractivity contribution in [2.45, 2.75) is 18.9 Å². The van der Waals surface area contributed by atoms with Crippen molar-refractivity contribution in [3.63, 3.8) is 0 Å². The van der Waals surface area contributed by atoms with Crippen LogP contribution in [-0.2, 0) is 0 Å². The zero-order chi connectivity index (χ0) is 24.2. The number of nitriles is 1. The van der Waals surface area contributed by atoms with Crippen LogP contribution in [0.4, 0.5) is 27.5 Å². The number of carbonyl (C=O) groups is 1. The summed E-state index contributed by atoms with van der Waals surface area (Å²) in [6.07, 6.45) is 3.23. The van der Waals surface area contributed by atoms with Crippen LogP contribution in [0.5, 0.6) is 0 Å². The fourth-order valence-corrected chi connectivity index (χ4v) is 4.27. The highest BCUT2D eigenvalue weighted by Crippen LogP contribution is 2.32. The van der Waals surface area contributed by atoms with Crippen molar-refractivity contribution in [3.05, 3.63) is 69.0 Å². The van der Waals surface area contributed by atoms with Gasteiger partial charge in [0.25, 0.3) is 0 Å². The third-order valence-corrected chi connectivity index (χ3v) is 6.36. The number of nitrogens with one attached hydrogen (secondary N) is 2. The maximum absolute atomic E-state index is 14.4. The average Bonchev–Trinajstić information content (AvgIpc) is 2.83. The van der Waals surface area contributed by atoms with Gasteiger partial charge in [-0.05, 0) is 59.1 Å². The molecule has 1 aliphatic rings. The fraction of sp³-hybridized carbons (Fsp3) is 0.217. The molecule has 0 atom stereocenters. The Kier molecular flexibility index (Phi) is 7.14. The number of primary amides is 1. The molecule has 1 aromatic heterocycles. The Labute approximate surface area is 209 Å². The summed E-state index contributed by atoms with van der Waals surface area (Å²) in [6.45, 7) is 1.57. The van der Waals surface area contributed by atoms with Crippen molar-refractivity contribution in [1.29, 1.82) is 5.26 Å². The van der Waals surface area contributed by atoms with Crippen LogP contribution < -0.4 is 21.3 Å². The maximum atomic E-state index is 14.4. The second-order valence-corrected chi connectivity index (χ2v) is 9.02. The van der Waals surface area contributed by atoms with E-state index in [1.54, 1.807) is 18.3 Å². The van der Waals surface area contributed by atoms with Crippen molar-refractivity contribution in [3.8, 4) is 6.07 Å². The summed E-state index contributed by atoms with van der Waals surface area (Å²) in [5.74, 6) is -0.372. The van der Waals surface area contributed by atoms with Crippen LogP contribution in [0.1, 0.15) is 28.8 Å². The third kappa shape index (κ3) is 5.38. The van der Waals surface area contributed by atoms with Crippen molar-refractivity contribution < 1.29 is 9.18 Å². The number of halogens is 3. The van der Waals surface area contributed by atoms with Gasteiger partial charge in [-0.2, -0.15) is 10.2 Å². The number of rotatable bonds is 6. The summed E-state index contributed by atoms with van der Waals surface area (Å²) < 4.78 is 15.0. The van der Waals surface area contributed by atoms with E-state index in [1.165, 1.54) is 6.07 Å². The van der Waals surface area contributed by atoms with Crippen LogP contribution in [0.25, 0.3) is 0 Å². The van der Waals surface area contributed by atoms with Crippen molar-refractivity contribution in [2.75, 3.05) is 28.6 Å². The number of amides is 1. The quantitative estimate of drug-likeness (QED) is 0.407. The zero-order valence-corrected chi connectivity index (χ0v) is 20.2. The molecule has 1 amide bonds. The number of nitrogens with zero attached hydrogens (tertiary/aromatic N) is 4. The molecule has 0 spiro atoms. The average molecular weight is 545 g/mol. The largest absolute Gasteiger partial charge is 0.371 e. The molecular weight excluding hydrogens is 525 g/mol. The van der Waals surface area contributed by atoms with Gasteiger partial charge in [0.2, 0.25) is 11.9 Å². The van der Waals surface area contributed by atoms with E-state index in [-0.39, 0.29) is 22.3 Å².